The SMILES string of the molecule is O=C(NCC(=O)N1CCCCC1)Nc1ccccc1. The topological polar surface area (TPSA) is 61.4 Å². The van der Waals surface area contributed by atoms with Crippen LogP contribution in [0.1, 0.15) is 19.3 Å². The molecule has 0 aromatic heterocycles. The fraction of sp³-hybridized carbons (Fsp3) is 0.429. The van der Waals surface area contributed by atoms with Gasteiger partial charge >= 0.3 is 6.03 Å². The highest BCUT2D eigenvalue weighted by molar-refractivity contribution is 5.92. The molecule has 2 rings (SSSR count). The average molecular weight is 261 g/mol. The van der Waals surface area contributed by atoms with E-state index in [1.54, 1.807) is 12.1 Å². The Balaban J connectivity index is 1.72. The molecule has 0 atom stereocenters. The number of urea groups is 1. The van der Waals surface area contributed by atoms with Crippen LogP contribution in [0.15, 0.2) is 30.3 Å². The third kappa shape index (κ3) is 4.28. The van der Waals surface area contributed by atoms with Crippen LogP contribution in [0, 0.1) is 0 Å². The number of rotatable bonds is 3. The Morgan fingerprint density at radius 2 is 1.74 bits per heavy atom. The van der Waals surface area contributed by atoms with Gasteiger partial charge in [-0.1, -0.05) is 18.2 Å². The number of anilines is 1. The lowest BCUT2D eigenvalue weighted by Gasteiger charge is -2.26. The number of piperidine rings is 1. The molecule has 0 radical (unpaired) electrons. The monoisotopic (exact) mass is 261 g/mol. The number of nitrogens with one attached hydrogen (secondary N) is 2. The van der Waals surface area contributed by atoms with Gasteiger partial charge in [-0.05, 0) is 31.4 Å². The van der Waals surface area contributed by atoms with E-state index < -0.39 is 0 Å². The van der Waals surface area contributed by atoms with E-state index in [-0.39, 0.29) is 18.5 Å². The van der Waals surface area contributed by atoms with Crippen LogP contribution in [0.5, 0.6) is 0 Å². The number of carbonyl (C=O) groups excluding carboxylic acids is 2. The first-order valence-electron chi connectivity index (χ1n) is 6.63. The van der Waals surface area contributed by atoms with Crippen molar-refractivity contribution in [3.63, 3.8) is 0 Å². The van der Waals surface area contributed by atoms with Gasteiger partial charge in [-0.2, -0.15) is 0 Å². The van der Waals surface area contributed by atoms with E-state index in [1.807, 2.05) is 23.1 Å². The number of nitrogens with zero attached hydrogens (tertiary/aromatic N) is 1. The van der Waals surface area contributed by atoms with Crippen molar-refractivity contribution in [1.82, 2.24) is 10.2 Å². The lowest BCUT2D eigenvalue weighted by molar-refractivity contribution is -0.130. The molecular formula is C14H19N3O2. The van der Waals surface area contributed by atoms with Crippen molar-refractivity contribution in [3.8, 4) is 0 Å². The van der Waals surface area contributed by atoms with E-state index in [0.29, 0.717) is 5.69 Å². The second kappa shape index (κ2) is 6.78. The van der Waals surface area contributed by atoms with Gasteiger partial charge in [-0.15, -0.1) is 0 Å². The molecule has 1 aromatic rings. The molecule has 5 nitrogen and oxygen atoms in total. The first-order valence-corrected chi connectivity index (χ1v) is 6.63. The van der Waals surface area contributed by atoms with Gasteiger partial charge in [0, 0.05) is 18.8 Å². The van der Waals surface area contributed by atoms with Gasteiger partial charge in [0.05, 0.1) is 6.54 Å². The maximum atomic E-state index is 11.8. The van der Waals surface area contributed by atoms with E-state index >= 15 is 0 Å². The fourth-order valence-electron chi connectivity index (χ4n) is 2.11. The molecule has 1 aromatic carbocycles. The van der Waals surface area contributed by atoms with Crippen molar-refractivity contribution in [2.75, 3.05) is 25.0 Å². The fourth-order valence-corrected chi connectivity index (χ4v) is 2.11. The molecule has 102 valence electrons. The minimum Gasteiger partial charge on any atom is -0.341 e. The molecule has 3 amide bonds. The van der Waals surface area contributed by atoms with Crippen molar-refractivity contribution >= 4 is 17.6 Å². The summed E-state index contributed by atoms with van der Waals surface area (Å²) in [4.78, 5) is 25.3. The number of amides is 3. The first-order chi connectivity index (χ1) is 9.25. The summed E-state index contributed by atoms with van der Waals surface area (Å²) in [6.45, 7) is 1.67. The summed E-state index contributed by atoms with van der Waals surface area (Å²) < 4.78 is 0. The molecule has 1 fully saturated rings. The lowest BCUT2D eigenvalue weighted by atomic mass is 10.1. The first kappa shape index (κ1) is 13.4. The van der Waals surface area contributed by atoms with E-state index in [0.717, 1.165) is 25.9 Å². The van der Waals surface area contributed by atoms with E-state index in [1.165, 1.54) is 6.42 Å². The van der Waals surface area contributed by atoms with Gasteiger partial charge in [0.15, 0.2) is 0 Å². The molecule has 1 aliphatic heterocycles. The highest BCUT2D eigenvalue weighted by atomic mass is 16.2. The van der Waals surface area contributed by atoms with Gasteiger partial charge in [-0.25, -0.2) is 4.79 Å². The number of carbonyl (C=O) groups is 2. The number of hydrogen-bond donors (Lipinski definition) is 2. The zero-order valence-corrected chi connectivity index (χ0v) is 10.9. The summed E-state index contributed by atoms with van der Waals surface area (Å²) in [5, 5.41) is 5.27. The zero-order valence-electron chi connectivity index (χ0n) is 10.9. The normalized spacial score (nSPS) is 14.8. The predicted molar refractivity (Wildman–Crippen MR) is 73.9 cm³/mol. The molecule has 1 saturated heterocycles. The molecule has 19 heavy (non-hydrogen) atoms. The second-order valence-electron chi connectivity index (χ2n) is 4.62. The maximum absolute atomic E-state index is 11.8. The Morgan fingerprint density at radius 1 is 1.05 bits per heavy atom. The molecule has 0 spiro atoms. The highest BCUT2D eigenvalue weighted by Gasteiger charge is 2.16. The third-order valence-electron chi connectivity index (χ3n) is 3.14. The van der Waals surface area contributed by atoms with Crippen LogP contribution >= 0.6 is 0 Å². The van der Waals surface area contributed by atoms with Crippen LogP contribution in [-0.4, -0.2) is 36.5 Å². The van der Waals surface area contributed by atoms with Crippen LogP contribution in [0.4, 0.5) is 10.5 Å². The standard InChI is InChI=1S/C14H19N3O2/c18-13(17-9-5-2-6-10-17)11-15-14(19)16-12-7-3-1-4-8-12/h1,3-4,7-8H,2,5-6,9-11H2,(H2,15,16,19). The van der Waals surface area contributed by atoms with Crippen molar-refractivity contribution in [2.45, 2.75) is 19.3 Å². The van der Waals surface area contributed by atoms with E-state index in [4.69, 9.17) is 0 Å². The molecule has 5 heteroatoms. The van der Waals surface area contributed by atoms with Crippen LogP contribution < -0.4 is 10.6 Å². The number of benzene rings is 1. The summed E-state index contributed by atoms with van der Waals surface area (Å²) in [5.41, 5.74) is 0.713. The van der Waals surface area contributed by atoms with Crippen molar-refractivity contribution in [2.24, 2.45) is 0 Å². The summed E-state index contributed by atoms with van der Waals surface area (Å²) in [6.07, 6.45) is 3.30. The predicted octanol–water partition coefficient (Wildman–Crippen LogP) is 1.82. The summed E-state index contributed by atoms with van der Waals surface area (Å²) >= 11 is 0. The summed E-state index contributed by atoms with van der Waals surface area (Å²) in [5.74, 6) is -0.0112. The maximum Gasteiger partial charge on any atom is 0.319 e. The van der Waals surface area contributed by atoms with Crippen LogP contribution in [-0.2, 0) is 4.79 Å². The molecule has 2 N–H and O–H groups in total. The van der Waals surface area contributed by atoms with Gasteiger partial charge in [0.2, 0.25) is 5.91 Å². The summed E-state index contributed by atoms with van der Waals surface area (Å²) in [6, 6.07) is 8.81. The highest BCUT2D eigenvalue weighted by Crippen LogP contribution is 2.08. The van der Waals surface area contributed by atoms with Crippen molar-refractivity contribution < 1.29 is 9.59 Å². The quantitative estimate of drug-likeness (QED) is 0.872. The Kier molecular flexibility index (Phi) is 4.78. The van der Waals surface area contributed by atoms with Gasteiger partial charge in [0.1, 0.15) is 0 Å². The van der Waals surface area contributed by atoms with Crippen LogP contribution in [0.25, 0.3) is 0 Å². The Morgan fingerprint density at radius 3 is 2.42 bits per heavy atom. The summed E-state index contributed by atoms with van der Waals surface area (Å²) in [7, 11) is 0. The van der Waals surface area contributed by atoms with Crippen LogP contribution in [0.3, 0.4) is 0 Å². The largest absolute Gasteiger partial charge is 0.341 e. The lowest BCUT2D eigenvalue weighted by Crippen LogP contribution is -2.43. The number of likely N-dealkylation sites (tertiary alicyclic amines) is 1. The molecule has 0 aliphatic carbocycles. The van der Waals surface area contributed by atoms with Gasteiger partial charge in [-0.3, -0.25) is 4.79 Å². The smallest absolute Gasteiger partial charge is 0.319 e. The van der Waals surface area contributed by atoms with E-state index in [9.17, 15) is 9.59 Å². The average Bonchev–Trinajstić information content (AvgIpc) is 2.47. The minimum atomic E-state index is -0.350. The van der Waals surface area contributed by atoms with Crippen molar-refractivity contribution in [3.05, 3.63) is 30.3 Å². The van der Waals surface area contributed by atoms with E-state index in [2.05, 4.69) is 10.6 Å². The zero-order chi connectivity index (χ0) is 13.5. The molecule has 1 aliphatic rings. The molecule has 1 heterocycles. The number of para-hydroxylation sites is 1. The second-order valence-corrected chi connectivity index (χ2v) is 4.62. The van der Waals surface area contributed by atoms with Gasteiger partial charge in [0.25, 0.3) is 0 Å². The van der Waals surface area contributed by atoms with Gasteiger partial charge < -0.3 is 15.5 Å². The van der Waals surface area contributed by atoms with Crippen molar-refractivity contribution in [1.29, 1.82) is 0 Å². The Bertz CT molecular complexity index is 428. The Labute approximate surface area is 113 Å². The Hall–Kier alpha value is -2.04. The molecular weight excluding hydrogens is 242 g/mol. The molecule has 0 unspecified atom stereocenters. The molecule has 0 bridgehead atoms. The van der Waals surface area contributed by atoms with Crippen LogP contribution in [0.2, 0.25) is 0 Å². The third-order valence-corrected chi connectivity index (χ3v) is 3.14. The molecule has 0 saturated carbocycles. The minimum absolute atomic E-state index is 0.0112. The number of hydrogen-bond acceptors (Lipinski definition) is 2.